The fourth-order valence-electron chi connectivity index (χ4n) is 6.49. The van der Waals surface area contributed by atoms with Gasteiger partial charge in [0.15, 0.2) is 0 Å². The highest BCUT2D eigenvalue weighted by Crippen LogP contribution is 2.48. The number of fused-ring (bicyclic) bond motifs is 4. The van der Waals surface area contributed by atoms with Crippen LogP contribution in [0.4, 0.5) is 0 Å². The number of aromatic nitrogens is 2. The zero-order valence-corrected chi connectivity index (χ0v) is 23.3. The van der Waals surface area contributed by atoms with Crippen LogP contribution in [0, 0.1) is 17.8 Å². The van der Waals surface area contributed by atoms with Crippen LogP contribution in [0.25, 0.3) is 21.8 Å². The maximum absolute atomic E-state index is 13.7. The van der Waals surface area contributed by atoms with E-state index < -0.39 is 0 Å². The largest absolute Gasteiger partial charge is 0.494 e. The number of nitrogens with zero attached hydrogens (tertiary/aromatic N) is 2. The smallest absolute Gasteiger partial charge is 0.399 e. The number of benzene rings is 2. The zero-order chi connectivity index (χ0) is 26.3. The molecule has 3 heterocycles. The van der Waals surface area contributed by atoms with Crippen molar-refractivity contribution in [2.24, 2.45) is 17.8 Å². The lowest BCUT2D eigenvalue weighted by atomic mass is 9.78. The molecule has 1 aliphatic carbocycles. The number of aromatic amines is 1. The predicted molar refractivity (Wildman–Crippen MR) is 149 cm³/mol. The molecule has 6 rings (SSSR count). The van der Waals surface area contributed by atoms with Gasteiger partial charge >= 0.3 is 7.12 Å². The van der Waals surface area contributed by atoms with E-state index in [1.807, 2.05) is 0 Å². The van der Waals surface area contributed by atoms with Crippen LogP contribution < -0.4 is 5.46 Å². The number of likely N-dealkylation sites (tertiary alicyclic amines) is 1. The molecule has 1 saturated carbocycles. The van der Waals surface area contributed by atoms with Crippen molar-refractivity contribution in [3.63, 3.8) is 0 Å². The van der Waals surface area contributed by atoms with E-state index in [1.54, 1.807) is 0 Å². The van der Waals surface area contributed by atoms with Gasteiger partial charge in [-0.2, -0.15) is 0 Å². The average molecular weight is 501 g/mol. The molecule has 196 valence electrons. The average Bonchev–Trinajstić information content (AvgIpc) is 3.58. The Morgan fingerprint density at radius 3 is 2.51 bits per heavy atom. The van der Waals surface area contributed by atoms with Gasteiger partial charge in [-0.3, -0.25) is 4.79 Å². The third kappa shape index (κ3) is 3.92. The van der Waals surface area contributed by atoms with Crippen LogP contribution in [-0.2, 0) is 14.1 Å². The van der Waals surface area contributed by atoms with Crippen LogP contribution in [0.1, 0.15) is 86.0 Å². The lowest BCUT2D eigenvalue weighted by molar-refractivity contribution is -0.139. The predicted octanol–water partition coefficient (Wildman–Crippen LogP) is 5.75. The number of rotatable bonds is 4. The van der Waals surface area contributed by atoms with Crippen LogP contribution in [-0.4, -0.2) is 45.1 Å². The fourth-order valence-corrected chi connectivity index (χ4v) is 6.49. The highest BCUT2D eigenvalue weighted by Gasteiger charge is 2.52. The first-order chi connectivity index (χ1) is 17.5. The molecule has 1 amide bonds. The Bertz CT molecular complexity index is 1350. The number of carbonyl (C=O) groups is 1. The van der Waals surface area contributed by atoms with E-state index in [-0.39, 0.29) is 36.2 Å². The standard InChI is InChI=1S/C30H40BN3O3/c1-17(2)18(3)28(35)34-24-10-8-9-20(24)16-25(34)27-32-23-14-11-19-15-21(12-13-22(19)26(23)33-27)31-36-29(4,5)30(6,7)37-31/h11-15,17-18,20,24-25H,8-10,16H2,1-7H3,(H,32,33)/t18-,20-,24-,25-/m0/s1. The van der Waals surface area contributed by atoms with Crippen molar-refractivity contribution in [3.05, 3.63) is 36.2 Å². The van der Waals surface area contributed by atoms with Gasteiger partial charge in [-0.15, -0.1) is 0 Å². The summed E-state index contributed by atoms with van der Waals surface area (Å²) in [6, 6.07) is 11.0. The van der Waals surface area contributed by atoms with Crippen LogP contribution >= 0.6 is 0 Å². The van der Waals surface area contributed by atoms with E-state index in [9.17, 15) is 4.79 Å². The summed E-state index contributed by atoms with van der Waals surface area (Å²) in [7, 11) is -0.389. The number of nitrogens with one attached hydrogen (secondary N) is 1. The van der Waals surface area contributed by atoms with Gasteiger partial charge in [0.2, 0.25) is 5.91 Å². The summed E-state index contributed by atoms with van der Waals surface area (Å²) in [5.41, 5.74) is 2.26. The van der Waals surface area contributed by atoms with Crippen molar-refractivity contribution >= 4 is 40.3 Å². The minimum Gasteiger partial charge on any atom is -0.399 e. The van der Waals surface area contributed by atoms with Crippen molar-refractivity contribution in [2.45, 2.75) is 97.4 Å². The van der Waals surface area contributed by atoms with Crippen LogP contribution in [0.2, 0.25) is 0 Å². The van der Waals surface area contributed by atoms with Crippen LogP contribution in [0.5, 0.6) is 0 Å². The molecule has 1 aromatic heterocycles. The molecule has 37 heavy (non-hydrogen) atoms. The number of H-pyrrole nitrogens is 1. The Hall–Kier alpha value is -2.38. The minimum absolute atomic E-state index is 0.0143. The molecule has 3 aromatic rings. The lowest BCUT2D eigenvalue weighted by Gasteiger charge is -2.32. The summed E-state index contributed by atoms with van der Waals surface area (Å²) in [6.07, 6.45) is 4.55. The van der Waals surface area contributed by atoms with E-state index in [0.29, 0.717) is 17.9 Å². The summed E-state index contributed by atoms with van der Waals surface area (Å²) >= 11 is 0. The SMILES string of the molecule is CC(C)[C@H](C)C(=O)N1[C@H](c2nc3c(ccc4cc(B5OC(C)(C)C(C)(C)O5)ccc43)[nH]2)C[C@@H]2CCC[C@@H]21. The summed E-state index contributed by atoms with van der Waals surface area (Å²) in [5, 5.41) is 2.22. The first-order valence-electron chi connectivity index (χ1n) is 14.1. The minimum atomic E-state index is -0.389. The molecule has 7 heteroatoms. The molecular formula is C30H40BN3O3. The van der Waals surface area contributed by atoms with E-state index in [1.165, 1.54) is 12.8 Å². The normalized spacial score (nSPS) is 27.5. The number of hydrogen-bond donors (Lipinski definition) is 1. The molecular weight excluding hydrogens is 461 g/mol. The van der Waals surface area contributed by atoms with E-state index in [4.69, 9.17) is 14.3 Å². The fraction of sp³-hybridized carbons (Fsp3) is 0.600. The number of imidazole rings is 1. The molecule has 0 spiro atoms. The van der Waals surface area contributed by atoms with Crippen LogP contribution in [0.3, 0.4) is 0 Å². The maximum atomic E-state index is 13.7. The Kier molecular flexibility index (Phi) is 5.77. The summed E-state index contributed by atoms with van der Waals surface area (Å²) < 4.78 is 12.6. The lowest BCUT2D eigenvalue weighted by Crippen LogP contribution is -2.42. The molecule has 2 saturated heterocycles. The van der Waals surface area contributed by atoms with Crippen molar-refractivity contribution in [3.8, 4) is 0 Å². The third-order valence-electron chi connectivity index (χ3n) is 9.83. The van der Waals surface area contributed by atoms with E-state index in [0.717, 1.165) is 45.9 Å². The third-order valence-corrected chi connectivity index (χ3v) is 9.83. The van der Waals surface area contributed by atoms with Gasteiger partial charge in [0.25, 0.3) is 0 Å². The van der Waals surface area contributed by atoms with Gasteiger partial charge in [-0.1, -0.05) is 51.5 Å². The van der Waals surface area contributed by atoms with Crippen molar-refractivity contribution in [2.75, 3.05) is 0 Å². The Balaban J connectivity index is 1.35. The summed E-state index contributed by atoms with van der Waals surface area (Å²) in [6.45, 7) is 14.7. The molecule has 1 N–H and O–H groups in total. The molecule has 2 aromatic carbocycles. The monoisotopic (exact) mass is 501 g/mol. The number of carbonyl (C=O) groups excluding carboxylic acids is 1. The Labute approximate surface area is 220 Å². The zero-order valence-electron chi connectivity index (χ0n) is 23.3. The van der Waals surface area contributed by atoms with Gasteiger partial charge < -0.3 is 19.2 Å². The van der Waals surface area contributed by atoms with Crippen molar-refractivity contribution in [1.29, 1.82) is 0 Å². The topological polar surface area (TPSA) is 67.5 Å². The molecule has 0 radical (unpaired) electrons. The highest BCUT2D eigenvalue weighted by molar-refractivity contribution is 6.62. The second kappa shape index (κ2) is 8.57. The Morgan fingerprint density at radius 1 is 1.08 bits per heavy atom. The second-order valence-corrected chi connectivity index (χ2v) is 12.9. The highest BCUT2D eigenvalue weighted by atomic mass is 16.7. The van der Waals surface area contributed by atoms with Gasteiger partial charge in [0.05, 0.1) is 28.3 Å². The van der Waals surface area contributed by atoms with Crippen LogP contribution in [0.15, 0.2) is 30.3 Å². The number of amides is 1. The molecule has 4 atom stereocenters. The molecule has 2 aliphatic heterocycles. The summed E-state index contributed by atoms with van der Waals surface area (Å²) in [4.78, 5) is 24.6. The first kappa shape index (κ1) is 24.9. The van der Waals surface area contributed by atoms with Gasteiger partial charge in [-0.05, 0) is 75.7 Å². The maximum Gasteiger partial charge on any atom is 0.494 e. The summed E-state index contributed by atoms with van der Waals surface area (Å²) in [5.74, 6) is 2.13. The second-order valence-electron chi connectivity index (χ2n) is 12.9. The number of hydrogen-bond acceptors (Lipinski definition) is 4. The molecule has 0 bridgehead atoms. The molecule has 0 unspecified atom stereocenters. The van der Waals surface area contributed by atoms with Crippen molar-refractivity contribution in [1.82, 2.24) is 14.9 Å². The van der Waals surface area contributed by atoms with Gasteiger partial charge in [0, 0.05) is 17.3 Å². The quantitative estimate of drug-likeness (QED) is 0.463. The van der Waals surface area contributed by atoms with Crippen molar-refractivity contribution < 1.29 is 14.1 Å². The van der Waals surface area contributed by atoms with E-state index >= 15 is 0 Å². The van der Waals surface area contributed by atoms with E-state index in [2.05, 4.69) is 88.7 Å². The molecule has 6 nitrogen and oxygen atoms in total. The van der Waals surface area contributed by atoms with Gasteiger partial charge in [-0.25, -0.2) is 4.98 Å². The van der Waals surface area contributed by atoms with Gasteiger partial charge in [0.1, 0.15) is 5.82 Å². The Morgan fingerprint density at radius 2 is 1.81 bits per heavy atom. The molecule has 3 fully saturated rings. The first-order valence-corrected chi connectivity index (χ1v) is 14.1. The molecule has 3 aliphatic rings.